The van der Waals surface area contributed by atoms with Crippen LogP contribution in [0.3, 0.4) is 0 Å². The zero-order valence-electron chi connectivity index (χ0n) is 27.9. The van der Waals surface area contributed by atoms with Crippen molar-refractivity contribution in [2.75, 3.05) is 38.1 Å². The molecule has 1 saturated carbocycles. The van der Waals surface area contributed by atoms with E-state index in [0.717, 1.165) is 11.4 Å². The number of hydrogen-bond acceptors (Lipinski definition) is 6. The average molecular weight is 692 g/mol. The first-order chi connectivity index (χ1) is 22.6. The molecule has 2 aromatic rings. The lowest BCUT2D eigenvalue weighted by Gasteiger charge is -2.34. The second-order valence-electron chi connectivity index (χ2n) is 14.3. The zero-order valence-corrected chi connectivity index (χ0v) is 28.7. The summed E-state index contributed by atoms with van der Waals surface area (Å²) in [6.07, 6.45) is -2.32. The molecular formula is C35H45ClF3N5O4. The Morgan fingerprint density at radius 1 is 0.938 bits per heavy atom. The van der Waals surface area contributed by atoms with Gasteiger partial charge in [0.2, 0.25) is 5.91 Å². The molecule has 5 rings (SSSR count). The van der Waals surface area contributed by atoms with Gasteiger partial charge in [-0.3, -0.25) is 9.59 Å². The number of likely N-dealkylation sites (N-methyl/N-ethyl adjacent to an activating group) is 1. The predicted molar refractivity (Wildman–Crippen MR) is 177 cm³/mol. The van der Waals surface area contributed by atoms with E-state index in [2.05, 4.69) is 15.2 Å². The highest BCUT2D eigenvalue weighted by Gasteiger charge is 2.44. The molecule has 9 nitrogen and oxygen atoms in total. The van der Waals surface area contributed by atoms with E-state index in [1.54, 1.807) is 31.4 Å². The molecule has 2 saturated heterocycles. The van der Waals surface area contributed by atoms with Crippen LogP contribution in [0, 0.1) is 11.8 Å². The Labute approximate surface area is 285 Å². The summed E-state index contributed by atoms with van der Waals surface area (Å²) in [4.78, 5) is 49.6. The van der Waals surface area contributed by atoms with Gasteiger partial charge in [0.15, 0.2) is 0 Å². The molecule has 13 heteroatoms. The molecule has 0 bridgehead atoms. The smallest absolute Gasteiger partial charge is 0.410 e. The number of ether oxygens (including phenoxy) is 1. The Bertz CT molecular complexity index is 1430. The fourth-order valence-electron chi connectivity index (χ4n) is 7.00. The summed E-state index contributed by atoms with van der Waals surface area (Å²) in [7, 11) is 1.63. The first-order valence-electron chi connectivity index (χ1n) is 16.7. The Kier molecular flexibility index (Phi) is 10.8. The van der Waals surface area contributed by atoms with Gasteiger partial charge in [-0.2, -0.15) is 13.2 Å². The number of benzene rings is 1. The lowest BCUT2D eigenvalue weighted by Crippen LogP contribution is -2.45. The van der Waals surface area contributed by atoms with Crippen molar-refractivity contribution in [2.45, 2.75) is 89.1 Å². The molecule has 1 aromatic carbocycles. The van der Waals surface area contributed by atoms with Gasteiger partial charge in [-0.15, -0.1) is 0 Å². The van der Waals surface area contributed by atoms with Gasteiger partial charge in [-0.1, -0.05) is 23.7 Å². The molecule has 48 heavy (non-hydrogen) atoms. The van der Waals surface area contributed by atoms with Crippen LogP contribution in [-0.4, -0.2) is 89.8 Å². The topological polar surface area (TPSA) is 95.1 Å². The predicted octanol–water partition coefficient (Wildman–Crippen LogP) is 6.66. The third kappa shape index (κ3) is 8.73. The number of carbonyl (C=O) groups excluding carboxylic acids is 3. The third-order valence-corrected chi connectivity index (χ3v) is 10.0. The van der Waals surface area contributed by atoms with Gasteiger partial charge in [0.05, 0.1) is 17.5 Å². The molecule has 3 amide bonds. The van der Waals surface area contributed by atoms with Crippen molar-refractivity contribution in [3.05, 3.63) is 58.7 Å². The van der Waals surface area contributed by atoms with Crippen LogP contribution < -0.4 is 10.2 Å². The van der Waals surface area contributed by atoms with E-state index in [1.807, 2.05) is 43.9 Å². The number of rotatable bonds is 6. The van der Waals surface area contributed by atoms with E-state index in [1.165, 1.54) is 4.90 Å². The molecule has 0 radical (unpaired) electrons. The van der Waals surface area contributed by atoms with Gasteiger partial charge in [0.25, 0.3) is 5.91 Å². The minimum Gasteiger partial charge on any atom is -0.446 e. The number of anilines is 1. The number of hydrogen-bond donors (Lipinski definition) is 1. The van der Waals surface area contributed by atoms with Crippen LogP contribution in [-0.2, 0) is 9.53 Å². The van der Waals surface area contributed by atoms with Crippen LogP contribution in [0.4, 0.5) is 23.8 Å². The summed E-state index contributed by atoms with van der Waals surface area (Å²) < 4.78 is 45.1. The van der Waals surface area contributed by atoms with E-state index >= 15 is 0 Å². The Morgan fingerprint density at radius 3 is 2.15 bits per heavy atom. The lowest BCUT2D eigenvalue weighted by molar-refractivity contribution is -0.186. The summed E-state index contributed by atoms with van der Waals surface area (Å²) >= 11 is 6.15. The number of likely N-dealkylation sites (tertiary alicyclic amines) is 1. The quantitative estimate of drug-likeness (QED) is 0.364. The van der Waals surface area contributed by atoms with E-state index < -0.39 is 24.3 Å². The molecular weight excluding hydrogens is 647 g/mol. The van der Waals surface area contributed by atoms with E-state index in [-0.39, 0.29) is 60.9 Å². The maximum absolute atomic E-state index is 13.9. The standard InChI is InChI=1S/C35H45ClF3N5O4/c1-34(2,3)41-31(45)24-7-14-30(40-19-24)43-17-15-23(16-18-43)32(46)44-20-28(22-5-10-26(36)11-6-22)29(21-44)42(4)33(47)48-27-12-8-25(9-13-27)35(37,38)39/h5-7,10-11,14,19,23,25,27-29H,8-9,12-13,15-18,20-21H2,1-4H3,(H,41,45)/t25?,27?,28-,29+/m0/s1. The molecule has 2 atom stereocenters. The lowest BCUT2D eigenvalue weighted by atomic mass is 9.87. The fourth-order valence-corrected chi connectivity index (χ4v) is 7.13. The van der Waals surface area contributed by atoms with E-state index in [9.17, 15) is 27.6 Å². The van der Waals surface area contributed by atoms with Crippen LogP contribution >= 0.6 is 11.6 Å². The normalized spacial score (nSPS) is 23.9. The first-order valence-corrected chi connectivity index (χ1v) is 17.0. The van der Waals surface area contributed by atoms with Crippen molar-refractivity contribution in [2.24, 2.45) is 11.8 Å². The molecule has 0 spiro atoms. The molecule has 1 N–H and O–H groups in total. The molecule has 3 aliphatic rings. The van der Waals surface area contributed by atoms with Crippen molar-refractivity contribution >= 4 is 35.3 Å². The second-order valence-corrected chi connectivity index (χ2v) is 14.8. The second kappa shape index (κ2) is 14.5. The van der Waals surface area contributed by atoms with Crippen molar-refractivity contribution < 1.29 is 32.3 Å². The SMILES string of the molecule is CN(C(=O)OC1CCC(C(F)(F)F)CC1)[C@@H]1CN(C(=O)C2CCN(c3ccc(C(=O)NC(C)(C)C)cn3)CC2)C[C@H]1c1ccc(Cl)cc1. The number of amides is 3. The maximum Gasteiger partial charge on any atom is 0.410 e. The third-order valence-electron chi connectivity index (χ3n) is 9.76. The fraction of sp³-hybridized carbons (Fsp3) is 0.600. The molecule has 1 aliphatic carbocycles. The highest BCUT2D eigenvalue weighted by Crippen LogP contribution is 2.39. The highest BCUT2D eigenvalue weighted by molar-refractivity contribution is 6.30. The number of aromatic nitrogens is 1. The van der Waals surface area contributed by atoms with Crippen LogP contribution in [0.25, 0.3) is 0 Å². The average Bonchev–Trinajstić information content (AvgIpc) is 3.49. The molecule has 3 heterocycles. The van der Waals surface area contributed by atoms with Crippen molar-refractivity contribution in [3.8, 4) is 0 Å². The van der Waals surface area contributed by atoms with Crippen LogP contribution in [0.2, 0.25) is 5.02 Å². The van der Waals surface area contributed by atoms with Crippen molar-refractivity contribution in [1.82, 2.24) is 20.1 Å². The van der Waals surface area contributed by atoms with Gasteiger partial charge < -0.3 is 24.8 Å². The number of pyridine rings is 1. The van der Waals surface area contributed by atoms with Gasteiger partial charge in [0.1, 0.15) is 11.9 Å². The number of piperidine rings is 1. The molecule has 3 fully saturated rings. The van der Waals surface area contributed by atoms with Crippen LogP contribution in [0.15, 0.2) is 42.6 Å². The van der Waals surface area contributed by atoms with Gasteiger partial charge in [0, 0.05) is 61.8 Å². The van der Waals surface area contributed by atoms with Gasteiger partial charge in [-0.05, 0) is 89.1 Å². The Morgan fingerprint density at radius 2 is 1.58 bits per heavy atom. The zero-order chi connectivity index (χ0) is 34.8. The number of carbonyl (C=O) groups is 3. The number of nitrogens with zero attached hydrogens (tertiary/aromatic N) is 4. The van der Waals surface area contributed by atoms with E-state index in [0.29, 0.717) is 49.6 Å². The Hall–Kier alpha value is -3.54. The number of nitrogens with one attached hydrogen (secondary N) is 1. The molecule has 262 valence electrons. The summed E-state index contributed by atoms with van der Waals surface area (Å²) in [5.41, 5.74) is 1.07. The monoisotopic (exact) mass is 691 g/mol. The van der Waals surface area contributed by atoms with Crippen molar-refractivity contribution in [1.29, 1.82) is 0 Å². The number of halogens is 4. The highest BCUT2D eigenvalue weighted by atomic mass is 35.5. The van der Waals surface area contributed by atoms with E-state index in [4.69, 9.17) is 16.3 Å². The van der Waals surface area contributed by atoms with Crippen LogP contribution in [0.1, 0.15) is 81.1 Å². The molecule has 2 aliphatic heterocycles. The van der Waals surface area contributed by atoms with Gasteiger partial charge in [-0.25, -0.2) is 9.78 Å². The first kappa shape index (κ1) is 35.8. The molecule has 1 aromatic heterocycles. The Balaban J connectivity index is 1.20. The van der Waals surface area contributed by atoms with Crippen LogP contribution in [0.5, 0.6) is 0 Å². The van der Waals surface area contributed by atoms with Crippen molar-refractivity contribution in [3.63, 3.8) is 0 Å². The minimum absolute atomic E-state index is 0.0329. The summed E-state index contributed by atoms with van der Waals surface area (Å²) in [5, 5.41) is 3.51. The summed E-state index contributed by atoms with van der Waals surface area (Å²) in [6.45, 7) is 7.77. The van der Waals surface area contributed by atoms with Gasteiger partial charge >= 0.3 is 12.3 Å². The molecule has 0 unspecified atom stereocenters. The number of alkyl halides is 3. The summed E-state index contributed by atoms with van der Waals surface area (Å²) in [5.74, 6) is -1.13. The largest absolute Gasteiger partial charge is 0.446 e. The maximum atomic E-state index is 13.9. The minimum atomic E-state index is -4.23. The summed E-state index contributed by atoms with van der Waals surface area (Å²) in [6, 6.07) is 10.6.